The maximum Gasteiger partial charge on any atom is 0.123 e. The summed E-state index contributed by atoms with van der Waals surface area (Å²) in [6, 6.07) is 6.72. The van der Waals surface area contributed by atoms with Crippen molar-refractivity contribution in [1.29, 1.82) is 0 Å². The first-order chi connectivity index (χ1) is 8.56. The number of rotatable bonds is 3. The first-order valence-electron chi connectivity index (χ1n) is 6.97. The molecule has 0 radical (unpaired) electrons. The van der Waals surface area contributed by atoms with Gasteiger partial charge in [0.2, 0.25) is 0 Å². The lowest BCUT2D eigenvalue weighted by atomic mass is 9.80. The molecule has 98 valence electrons. The van der Waals surface area contributed by atoms with Crippen molar-refractivity contribution in [3.63, 3.8) is 0 Å². The summed E-state index contributed by atoms with van der Waals surface area (Å²) in [6.07, 6.45) is 5.54. The van der Waals surface area contributed by atoms with Gasteiger partial charge < -0.3 is 4.74 Å². The minimum Gasteiger partial charge on any atom is -0.492 e. The Balaban J connectivity index is 1.81. The molecule has 0 spiro atoms. The molecule has 2 aliphatic rings. The third-order valence-corrected chi connectivity index (χ3v) is 5.35. The van der Waals surface area contributed by atoms with E-state index >= 15 is 0 Å². The van der Waals surface area contributed by atoms with Gasteiger partial charge in [-0.2, -0.15) is 0 Å². The van der Waals surface area contributed by atoms with Crippen LogP contribution in [0.2, 0.25) is 0 Å². The lowest BCUT2D eigenvalue weighted by molar-refractivity contribution is 0.291. The van der Waals surface area contributed by atoms with Crippen LogP contribution in [0.5, 0.6) is 5.75 Å². The predicted molar refractivity (Wildman–Crippen MR) is 78.6 cm³/mol. The third kappa shape index (κ3) is 2.20. The Labute approximate surface area is 118 Å². The molecule has 1 aliphatic carbocycles. The smallest absolute Gasteiger partial charge is 0.123 e. The van der Waals surface area contributed by atoms with Crippen molar-refractivity contribution in [3.8, 4) is 5.75 Å². The van der Waals surface area contributed by atoms with Gasteiger partial charge in [0.25, 0.3) is 0 Å². The molecular weight excluding hydrogens is 288 g/mol. The molecule has 1 atom stereocenters. The average molecular weight is 309 g/mol. The van der Waals surface area contributed by atoms with Gasteiger partial charge in [-0.05, 0) is 24.0 Å². The molecule has 1 aromatic rings. The van der Waals surface area contributed by atoms with Crippen LogP contribution in [0.4, 0.5) is 0 Å². The molecule has 3 rings (SSSR count). The summed E-state index contributed by atoms with van der Waals surface area (Å²) < 4.78 is 5.75. The number of ether oxygens (including phenoxy) is 1. The number of benzene rings is 1. The lowest BCUT2D eigenvalue weighted by Gasteiger charge is -2.28. The number of fused-ring (bicyclic) bond motifs is 1. The van der Waals surface area contributed by atoms with Crippen molar-refractivity contribution in [3.05, 3.63) is 29.3 Å². The highest BCUT2D eigenvalue weighted by molar-refractivity contribution is 9.09. The Hall–Kier alpha value is -0.500. The number of hydrogen-bond acceptors (Lipinski definition) is 1. The zero-order valence-electron chi connectivity index (χ0n) is 11.2. The zero-order chi connectivity index (χ0) is 12.8. The van der Waals surface area contributed by atoms with Crippen LogP contribution in [-0.4, -0.2) is 6.61 Å². The number of hydrogen-bond donors (Lipinski definition) is 0. The van der Waals surface area contributed by atoms with Crippen LogP contribution in [0, 0.1) is 5.92 Å². The second kappa shape index (κ2) is 4.56. The topological polar surface area (TPSA) is 9.23 Å². The summed E-state index contributed by atoms with van der Waals surface area (Å²) in [5, 5.41) is 0. The molecule has 2 heteroatoms. The normalized spacial score (nSPS) is 23.1. The molecule has 1 nitrogen and oxygen atoms in total. The fourth-order valence-corrected chi connectivity index (χ4v) is 3.70. The van der Waals surface area contributed by atoms with Gasteiger partial charge >= 0.3 is 0 Å². The van der Waals surface area contributed by atoms with Crippen molar-refractivity contribution < 1.29 is 4.74 Å². The molecule has 0 aromatic heterocycles. The van der Waals surface area contributed by atoms with Crippen molar-refractivity contribution in [2.75, 3.05) is 6.61 Å². The van der Waals surface area contributed by atoms with E-state index in [-0.39, 0.29) is 5.41 Å². The van der Waals surface area contributed by atoms with Crippen molar-refractivity contribution in [2.24, 2.45) is 5.92 Å². The Kier molecular flexibility index (Phi) is 3.17. The van der Waals surface area contributed by atoms with Gasteiger partial charge in [0, 0.05) is 15.8 Å². The van der Waals surface area contributed by atoms with Crippen LogP contribution in [0.3, 0.4) is 0 Å². The number of halogens is 1. The highest BCUT2D eigenvalue weighted by Crippen LogP contribution is 2.43. The molecule has 1 aromatic carbocycles. The van der Waals surface area contributed by atoms with Crippen LogP contribution >= 0.6 is 15.9 Å². The minimum atomic E-state index is 0.161. The molecule has 18 heavy (non-hydrogen) atoms. The quantitative estimate of drug-likeness (QED) is 0.715. The summed E-state index contributed by atoms with van der Waals surface area (Å²) in [5.41, 5.74) is 2.95. The van der Waals surface area contributed by atoms with Crippen LogP contribution < -0.4 is 4.74 Å². The first kappa shape index (κ1) is 12.5. The van der Waals surface area contributed by atoms with Gasteiger partial charge in [0.15, 0.2) is 0 Å². The van der Waals surface area contributed by atoms with Crippen LogP contribution in [0.25, 0.3) is 0 Å². The van der Waals surface area contributed by atoms with Gasteiger partial charge in [-0.3, -0.25) is 0 Å². The van der Waals surface area contributed by atoms with Crippen LogP contribution in [0.1, 0.15) is 55.5 Å². The molecule has 1 fully saturated rings. The summed E-state index contributed by atoms with van der Waals surface area (Å²) >= 11 is 3.87. The Morgan fingerprint density at radius 3 is 2.83 bits per heavy atom. The standard InChI is InChI=1S/C16H21BrO/c1-16(2)10-18-15-7-6-12(9-13(15)16)14(17)8-11-4-3-5-11/h6-7,9,11,14H,3-5,8,10H2,1-2H3. The Morgan fingerprint density at radius 1 is 1.39 bits per heavy atom. The van der Waals surface area contributed by atoms with E-state index in [1.807, 2.05) is 0 Å². The molecule has 1 heterocycles. The average Bonchev–Trinajstić information content (AvgIpc) is 2.59. The lowest BCUT2D eigenvalue weighted by Crippen LogP contribution is -2.18. The second-order valence-electron chi connectivity index (χ2n) is 6.43. The van der Waals surface area contributed by atoms with E-state index in [1.54, 1.807) is 0 Å². The van der Waals surface area contributed by atoms with Crippen molar-refractivity contribution in [1.82, 2.24) is 0 Å². The summed E-state index contributed by atoms with van der Waals surface area (Å²) in [5.74, 6) is 2.01. The molecule has 0 amide bonds. The monoisotopic (exact) mass is 308 g/mol. The second-order valence-corrected chi connectivity index (χ2v) is 7.53. The highest BCUT2D eigenvalue weighted by atomic mass is 79.9. The molecular formula is C16H21BrO. The maximum absolute atomic E-state index is 5.75. The van der Waals surface area contributed by atoms with Gasteiger partial charge in [0.1, 0.15) is 5.75 Å². The minimum absolute atomic E-state index is 0.161. The largest absolute Gasteiger partial charge is 0.492 e. The van der Waals surface area contributed by atoms with E-state index < -0.39 is 0 Å². The van der Waals surface area contributed by atoms with E-state index in [0.29, 0.717) is 4.83 Å². The molecule has 1 saturated carbocycles. The van der Waals surface area contributed by atoms with E-state index in [2.05, 4.69) is 48.0 Å². The zero-order valence-corrected chi connectivity index (χ0v) is 12.8. The Bertz CT molecular complexity index is 448. The maximum atomic E-state index is 5.75. The molecule has 0 N–H and O–H groups in total. The fraction of sp³-hybridized carbons (Fsp3) is 0.625. The van der Waals surface area contributed by atoms with Gasteiger partial charge in [-0.25, -0.2) is 0 Å². The van der Waals surface area contributed by atoms with Crippen LogP contribution in [0.15, 0.2) is 18.2 Å². The highest BCUT2D eigenvalue weighted by Gasteiger charge is 2.32. The van der Waals surface area contributed by atoms with Crippen molar-refractivity contribution in [2.45, 2.75) is 49.8 Å². The summed E-state index contributed by atoms with van der Waals surface area (Å²) in [6.45, 7) is 5.33. The van der Waals surface area contributed by atoms with E-state index in [0.717, 1.165) is 18.3 Å². The van der Waals surface area contributed by atoms with E-state index in [9.17, 15) is 0 Å². The van der Waals surface area contributed by atoms with Gasteiger partial charge in [0.05, 0.1) is 6.61 Å². The predicted octanol–water partition coefficient (Wildman–Crippen LogP) is 4.98. The summed E-state index contributed by atoms with van der Waals surface area (Å²) in [4.78, 5) is 0.504. The molecule has 0 bridgehead atoms. The SMILES string of the molecule is CC1(C)COc2ccc(C(Br)CC3CCC3)cc21. The molecule has 0 saturated heterocycles. The summed E-state index contributed by atoms with van der Waals surface area (Å²) in [7, 11) is 0. The molecule has 1 unspecified atom stereocenters. The van der Waals surface area contributed by atoms with Gasteiger partial charge in [-0.1, -0.05) is 61.2 Å². The molecule has 1 aliphatic heterocycles. The van der Waals surface area contributed by atoms with Crippen molar-refractivity contribution >= 4 is 15.9 Å². The van der Waals surface area contributed by atoms with Crippen LogP contribution in [-0.2, 0) is 5.41 Å². The van der Waals surface area contributed by atoms with E-state index in [4.69, 9.17) is 4.74 Å². The van der Waals surface area contributed by atoms with Gasteiger partial charge in [-0.15, -0.1) is 0 Å². The Morgan fingerprint density at radius 2 is 2.17 bits per heavy atom. The van der Waals surface area contributed by atoms with E-state index in [1.165, 1.54) is 36.8 Å². The first-order valence-corrected chi connectivity index (χ1v) is 7.89. The fourth-order valence-electron chi connectivity index (χ4n) is 2.89. The number of alkyl halides is 1. The third-order valence-electron chi connectivity index (χ3n) is 4.45.